The van der Waals surface area contributed by atoms with E-state index in [9.17, 15) is 0 Å². The molecule has 1 aromatic rings. The summed E-state index contributed by atoms with van der Waals surface area (Å²) in [6.45, 7) is 0. The minimum Gasteiger partial charge on any atom is -0.244 e. The SMILES string of the molecule is Clc1cc2c(cn1)C(I)=CC2. The minimum atomic E-state index is 0.586. The van der Waals surface area contributed by atoms with Crippen molar-refractivity contribution in [3.05, 3.63) is 34.6 Å². The summed E-state index contributed by atoms with van der Waals surface area (Å²) in [5.41, 5.74) is 2.52. The predicted octanol–water partition coefficient (Wildman–Crippen LogP) is 3.07. The molecule has 0 radical (unpaired) electrons. The van der Waals surface area contributed by atoms with Crippen LogP contribution in [-0.2, 0) is 6.42 Å². The van der Waals surface area contributed by atoms with Crippen LogP contribution in [0.15, 0.2) is 18.3 Å². The van der Waals surface area contributed by atoms with Gasteiger partial charge in [-0.2, -0.15) is 0 Å². The lowest BCUT2D eigenvalue weighted by atomic mass is 10.2. The number of hydrogen-bond acceptors (Lipinski definition) is 1. The third kappa shape index (κ3) is 1.29. The summed E-state index contributed by atoms with van der Waals surface area (Å²) in [7, 11) is 0. The fourth-order valence-corrected chi connectivity index (χ4v) is 2.05. The second kappa shape index (κ2) is 2.75. The minimum absolute atomic E-state index is 0.586. The molecule has 1 nitrogen and oxygen atoms in total. The molecule has 0 spiro atoms. The van der Waals surface area contributed by atoms with Crippen LogP contribution in [0.3, 0.4) is 0 Å². The zero-order valence-electron chi connectivity index (χ0n) is 5.64. The number of halogens is 2. The third-order valence-electron chi connectivity index (χ3n) is 1.71. The van der Waals surface area contributed by atoms with Gasteiger partial charge in [-0.3, -0.25) is 0 Å². The molecule has 0 aliphatic heterocycles. The van der Waals surface area contributed by atoms with Crippen LogP contribution in [0.1, 0.15) is 11.1 Å². The summed E-state index contributed by atoms with van der Waals surface area (Å²) in [6.07, 6.45) is 5.02. The normalized spacial score (nSPS) is 14.5. The van der Waals surface area contributed by atoms with Gasteiger partial charge in [0.2, 0.25) is 0 Å². The van der Waals surface area contributed by atoms with E-state index in [2.05, 4.69) is 33.7 Å². The topological polar surface area (TPSA) is 12.9 Å². The van der Waals surface area contributed by atoms with Crippen molar-refractivity contribution in [3.63, 3.8) is 0 Å². The van der Waals surface area contributed by atoms with Crippen molar-refractivity contribution in [2.24, 2.45) is 0 Å². The zero-order valence-corrected chi connectivity index (χ0v) is 8.56. The number of nitrogens with zero attached hydrogens (tertiary/aromatic N) is 1. The van der Waals surface area contributed by atoms with Crippen LogP contribution in [0.4, 0.5) is 0 Å². The standard InChI is InChI=1S/C8H5ClIN/c9-8-3-5-1-2-7(10)6(5)4-11-8/h2-4H,1H2. The van der Waals surface area contributed by atoms with Gasteiger partial charge in [-0.15, -0.1) is 0 Å². The monoisotopic (exact) mass is 277 g/mol. The second-order valence-electron chi connectivity index (χ2n) is 2.42. The van der Waals surface area contributed by atoms with Gasteiger partial charge in [0.05, 0.1) is 0 Å². The second-order valence-corrected chi connectivity index (χ2v) is 3.97. The maximum absolute atomic E-state index is 5.73. The van der Waals surface area contributed by atoms with Gasteiger partial charge >= 0.3 is 0 Å². The molecule has 11 heavy (non-hydrogen) atoms. The van der Waals surface area contributed by atoms with Crippen LogP contribution in [-0.4, -0.2) is 4.98 Å². The Morgan fingerprint density at radius 1 is 1.55 bits per heavy atom. The smallest absolute Gasteiger partial charge is 0.129 e. The average Bonchev–Trinajstić information content (AvgIpc) is 2.32. The Labute approximate surface area is 83.6 Å². The Balaban J connectivity index is 2.58. The van der Waals surface area contributed by atoms with Crippen LogP contribution >= 0.6 is 34.2 Å². The van der Waals surface area contributed by atoms with E-state index in [4.69, 9.17) is 11.6 Å². The summed E-state index contributed by atoms with van der Waals surface area (Å²) in [6, 6.07) is 1.93. The van der Waals surface area contributed by atoms with Crippen LogP contribution < -0.4 is 0 Å². The first-order valence-electron chi connectivity index (χ1n) is 3.28. The molecule has 0 N–H and O–H groups in total. The molecule has 0 fully saturated rings. The van der Waals surface area contributed by atoms with Crippen LogP contribution in [0, 0.1) is 0 Å². The van der Waals surface area contributed by atoms with E-state index in [1.165, 1.54) is 14.7 Å². The number of rotatable bonds is 0. The molecule has 0 aromatic carbocycles. The lowest BCUT2D eigenvalue weighted by Gasteiger charge is -1.98. The Morgan fingerprint density at radius 3 is 3.18 bits per heavy atom. The molecular weight excluding hydrogens is 272 g/mol. The van der Waals surface area contributed by atoms with Gasteiger partial charge in [0.1, 0.15) is 5.15 Å². The molecule has 0 saturated carbocycles. The summed E-state index contributed by atoms with van der Waals surface area (Å²) < 4.78 is 1.28. The third-order valence-corrected chi connectivity index (χ3v) is 2.94. The van der Waals surface area contributed by atoms with E-state index in [0.717, 1.165) is 6.42 Å². The molecule has 0 saturated heterocycles. The van der Waals surface area contributed by atoms with Crippen molar-refractivity contribution in [1.82, 2.24) is 4.98 Å². The van der Waals surface area contributed by atoms with Crippen LogP contribution in [0.5, 0.6) is 0 Å². The molecule has 1 aromatic heterocycles. The molecule has 2 rings (SSSR count). The van der Waals surface area contributed by atoms with Gasteiger partial charge in [0, 0.05) is 15.3 Å². The van der Waals surface area contributed by atoms with Gasteiger partial charge in [0.25, 0.3) is 0 Å². The van der Waals surface area contributed by atoms with Crippen molar-refractivity contribution >= 4 is 37.8 Å². The van der Waals surface area contributed by atoms with E-state index in [-0.39, 0.29) is 0 Å². The predicted molar refractivity (Wildman–Crippen MR) is 54.9 cm³/mol. The summed E-state index contributed by atoms with van der Waals surface area (Å²) in [4.78, 5) is 4.02. The highest BCUT2D eigenvalue weighted by Gasteiger charge is 2.11. The highest BCUT2D eigenvalue weighted by molar-refractivity contribution is 14.1. The molecule has 0 bridgehead atoms. The van der Waals surface area contributed by atoms with E-state index < -0.39 is 0 Å². The largest absolute Gasteiger partial charge is 0.244 e. The first-order valence-corrected chi connectivity index (χ1v) is 4.73. The maximum atomic E-state index is 5.73. The quantitative estimate of drug-likeness (QED) is 0.525. The maximum Gasteiger partial charge on any atom is 0.129 e. The van der Waals surface area contributed by atoms with E-state index in [0.29, 0.717) is 5.15 Å². The van der Waals surface area contributed by atoms with Gasteiger partial charge in [0.15, 0.2) is 0 Å². The highest BCUT2D eigenvalue weighted by Crippen LogP contribution is 2.32. The number of aromatic nitrogens is 1. The van der Waals surface area contributed by atoms with E-state index >= 15 is 0 Å². The summed E-state index contributed by atoms with van der Waals surface area (Å²) in [5.74, 6) is 0. The molecule has 3 heteroatoms. The van der Waals surface area contributed by atoms with Crippen LogP contribution in [0.2, 0.25) is 5.15 Å². The van der Waals surface area contributed by atoms with Gasteiger partial charge in [-0.1, -0.05) is 17.7 Å². The molecule has 1 heterocycles. The van der Waals surface area contributed by atoms with Crippen molar-refractivity contribution < 1.29 is 0 Å². The number of fused-ring (bicyclic) bond motifs is 1. The Kier molecular flexibility index (Phi) is 1.89. The Hall–Kier alpha value is -0.0900. The molecule has 1 aliphatic carbocycles. The Bertz CT molecular complexity index is 333. The van der Waals surface area contributed by atoms with Crippen molar-refractivity contribution in [2.75, 3.05) is 0 Å². The lowest BCUT2D eigenvalue weighted by Crippen LogP contribution is -1.84. The fourth-order valence-electron chi connectivity index (χ4n) is 1.16. The van der Waals surface area contributed by atoms with Crippen LogP contribution in [0.25, 0.3) is 3.58 Å². The van der Waals surface area contributed by atoms with Gasteiger partial charge in [-0.25, -0.2) is 4.98 Å². The first kappa shape index (κ1) is 7.55. The number of pyridine rings is 1. The summed E-state index contributed by atoms with van der Waals surface area (Å²) >= 11 is 8.05. The fraction of sp³-hybridized carbons (Fsp3) is 0.125. The molecule has 0 unspecified atom stereocenters. The zero-order chi connectivity index (χ0) is 7.84. The van der Waals surface area contributed by atoms with Crippen molar-refractivity contribution in [2.45, 2.75) is 6.42 Å². The number of allylic oxidation sites excluding steroid dienone is 1. The molecule has 0 atom stereocenters. The number of hydrogen-bond donors (Lipinski definition) is 0. The molecule has 56 valence electrons. The van der Waals surface area contributed by atoms with E-state index in [1.54, 1.807) is 0 Å². The van der Waals surface area contributed by atoms with Crippen molar-refractivity contribution in [1.29, 1.82) is 0 Å². The average molecular weight is 277 g/mol. The highest BCUT2D eigenvalue weighted by atomic mass is 127. The van der Waals surface area contributed by atoms with Gasteiger partial charge < -0.3 is 0 Å². The van der Waals surface area contributed by atoms with Crippen molar-refractivity contribution in [3.8, 4) is 0 Å². The Morgan fingerprint density at radius 2 is 2.36 bits per heavy atom. The lowest BCUT2D eigenvalue weighted by molar-refractivity contribution is 1.23. The molecule has 1 aliphatic rings. The first-order chi connectivity index (χ1) is 5.27. The summed E-state index contributed by atoms with van der Waals surface area (Å²) in [5, 5.41) is 0.586. The molecular formula is C8H5ClIN. The molecule has 0 amide bonds. The van der Waals surface area contributed by atoms with Gasteiger partial charge in [-0.05, 0) is 40.6 Å². The van der Waals surface area contributed by atoms with E-state index in [1.807, 2.05) is 12.3 Å².